The lowest BCUT2D eigenvalue weighted by Crippen LogP contribution is -2.40. The lowest BCUT2D eigenvalue weighted by molar-refractivity contribution is 0.518. The molecular formula is C25H33ClN4O4S. The van der Waals surface area contributed by atoms with Gasteiger partial charge in [-0.3, -0.25) is 13.9 Å². The summed E-state index contributed by atoms with van der Waals surface area (Å²) in [4.78, 5) is 33.4. The zero-order chi connectivity index (χ0) is 25.0. The Balaban J connectivity index is 1.46. The predicted molar refractivity (Wildman–Crippen MR) is 138 cm³/mol. The third-order valence-corrected chi connectivity index (χ3v) is 9.32. The van der Waals surface area contributed by atoms with Gasteiger partial charge in [0.1, 0.15) is 0 Å². The van der Waals surface area contributed by atoms with Crippen molar-refractivity contribution in [3.8, 4) is 0 Å². The fraction of sp³-hybridized carbons (Fsp3) is 0.560. The van der Waals surface area contributed by atoms with Crippen LogP contribution in [-0.2, 0) is 29.3 Å². The zero-order valence-corrected chi connectivity index (χ0v) is 21.7. The first-order valence-corrected chi connectivity index (χ1v) is 14.5. The number of benzene rings is 1. The van der Waals surface area contributed by atoms with Crippen LogP contribution in [0.15, 0.2) is 38.8 Å². The van der Waals surface area contributed by atoms with Crippen LogP contribution in [0, 0.1) is 0 Å². The van der Waals surface area contributed by atoms with Crippen molar-refractivity contribution < 1.29 is 8.42 Å². The van der Waals surface area contributed by atoms with E-state index >= 15 is 0 Å². The van der Waals surface area contributed by atoms with E-state index in [1.54, 1.807) is 18.2 Å². The molecule has 0 spiro atoms. The van der Waals surface area contributed by atoms with Crippen LogP contribution in [0.4, 0.5) is 0 Å². The molecule has 4 rings (SSSR count). The van der Waals surface area contributed by atoms with E-state index in [0.717, 1.165) is 56.9 Å². The normalized spacial score (nSPS) is 14.8. The maximum absolute atomic E-state index is 13.1. The molecule has 0 unspecified atom stereocenters. The molecule has 1 aromatic carbocycles. The van der Waals surface area contributed by atoms with Gasteiger partial charge < -0.3 is 4.98 Å². The van der Waals surface area contributed by atoms with Crippen molar-refractivity contribution in [1.82, 2.24) is 19.1 Å². The van der Waals surface area contributed by atoms with Gasteiger partial charge in [0, 0.05) is 13.1 Å². The Morgan fingerprint density at radius 2 is 1.77 bits per heavy atom. The van der Waals surface area contributed by atoms with E-state index in [2.05, 4.69) is 16.9 Å². The molecule has 0 bridgehead atoms. The van der Waals surface area contributed by atoms with E-state index in [1.807, 2.05) is 6.07 Å². The van der Waals surface area contributed by atoms with Crippen LogP contribution in [0.2, 0.25) is 5.28 Å². The number of rotatable bonds is 11. The van der Waals surface area contributed by atoms with Crippen LogP contribution in [0.3, 0.4) is 0 Å². The van der Waals surface area contributed by atoms with Crippen molar-refractivity contribution in [3.05, 3.63) is 56.0 Å². The van der Waals surface area contributed by atoms with Crippen LogP contribution < -0.4 is 11.2 Å². The minimum Gasteiger partial charge on any atom is -0.323 e. The summed E-state index contributed by atoms with van der Waals surface area (Å²) >= 11 is 6.00. The molecule has 0 saturated heterocycles. The summed E-state index contributed by atoms with van der Waals surface area (Å²) in [6.07, 6.45) is 8.22. The first-order valence-electron chi connectivity index (χ1n) is 12.5. The van der Waals surface area contributed by atoms with Crippen LogP contribution in [0.25, 0.3) is 11.2 Å². The second kappa shape index (κ2) is 11.1. The van der Waals surface area contributed by atoms with Crippen molar-refractivity contribution in [2.45, 2.75) is 94.4 Å². The van der Waals surface area contributed by atoms with Crippen LogP contribution in [0.1, 0.15) is 70.3 Å². The second-order valence-corrected chi connectivity index (χ2v) is 12.0. The van der Waals surface area contributed by atoms with Gasteiger partial charge in [0.15, 0.2) is 21.0 Å². The molecule has 0 atom stereocenters. The molecule has 0 radical (unpaired) electrons. The number of nitrogens with one attached hydrogen (secondary N) is 1. The molecule has 35 heavy (non-hydrogen) atoms. The molecule has 1 fully saturated rings. The standard InChI is InChI=1S/C25H33ClN4O4S/c1-2-3-7-15-29-22-21(27-24(26)28-22)23(31)30(25(29)32)16-8-6-10-18-11-9-14-20(17-18)35(33,34)19-12-4-5-13-19/h9,11,14,17,19H,2-8,10,12-13,15-16H2,1H3,(H,27,28). The van der Waals surface area contributed by atoms with E-state index in [9.17, 15) is 18.0 Å². The number of sulfone groups is 1. The number of imidazole rings is 1. The van der Waals surface area contributed by atoms with Gasteiger partial charge in [-0.15, -0.1) is 0 Å². The Bertz CT molecular complexity index is 1400. The highest BCUT2D eigenvalue weighted by Gasteiger charge is 2.30. The number of aromatic amines is 1. The molecule has 1 aliphatic rings. The third-order valence-electron chi connectivity index (χ3n) is 6.88. The van der Waals surface area contributed by atoms with Gasteiger partial charge >= 0.3 is 5.69 Å². The molecule has 2 heterocycles. The minimum atomic E-state index is -3.29. The summed E-state index contributed by atoms with van der Waals surface area (Å²) < 4.78 is 28.6. The first kappa shape index (κ1) is 25.7. The molecular weight excluding hydrogens is 488 g/mol. The smallest absolute Gasteiger partial charge is 0.323 e. The van der Waals surface area contributed by atoms with Crippen LogP contribution in [-0.4, -0.2) is 32.8 Å². The Morgan fingerprint density at radius 3 is 2.51 bits per heavy atom. The number of H-pyrrole nitrogens is 1. The van der Waals surface area contributed by atoms with E-state index in [4.69, 9.17) is 11.6 Å². The number of aryl methyl sites for hydroxylation is 2. The van der Waals surface area contributed by atoms with Crippen molar-refractivity contribution in [2.24, 2.45) is 0 Å². The Kier molecular flexibility index (Phi) is 8.16. The first-order chi connectivity index (χ1) is 16.8. The van der Waals surface area contributed by atoms with Crippen LogP contribution >= 0.6 is 11.6 Å². The average molecular weight is 521 g/mol. The molecule has 3 aromatic rings. The van der Waals surface area contributed by atoms with E-state index in [1.165, 1.54) is 9.13 Å². The lowest BCUT2D eigenvalue weighted by Gasteiger charge is -2.13. The van der Waals surface area contributed by atoms with Gasteiger partial charge in [-0.2, -0.15) is 4.98 Å². The van der Waals surface area contributed by atoms with E-state index < -0.39 is 15.4 Å². The highest BCUT2D eigenvalue weighted by atomic mass is 35.5. The minimum absolute atomic E-state index is 0.0888. The summed E-state index contributed by atoms with van der Waals surface area (Å²) in [5, 5.41) is -0.180. The molecule has 0 aliphatic heterocycles. The summed E-state index contributed by atoms with van der Waals surface area (Å²) in [5.74, 6) is 0. The van der Waals surface area contributed by atoms with E-state index in [0.29, 0.717) is 29.9 Å². The number of fused-ring (bicyclic) bond motifs is 1. The van der Waals surface area contributed by atoms with Crippen molar-refractivity contribution >= 4 is 32.6 Å². The van der Waals surface area contributed by atoms with Crippen LogP contribution in [0.5, 0.6) is 0 Å². The number of unbranched alkanes of at least 4 members (excludes halogenated alkanes) is 3. The number of hydrogen-bond donors (Lipinski definition) is 1. The number of halogens is 1. The molecule has 10 heteroatoms. The molecule has 8 nitrogen and oxygen atoms in total. The summed E-state index contributed by atoms with van der Waals surface area (Å²) in [7, 11) is -3.29. The Morgan fingerprint density at radius 1 is 1.06 bits per heavy atom. The summed E-state index contributed by atoms with van der Waals surface area (Å²) in [5.41, 5.74) is 0.713. The molecule has 1 saturated carbocycles. The molecule has 1 aliphatic carbocycles. The van der Waals surface area contributed by atoms with Gasteiger partial charge in [-0.25, -0.2) is 13.2 Å². The fourth-order valence-corrected chi connectivity index (χ4v) is 7.02. The third kappa shape index (κ3) is 5.56. The largest absolute Gasteiger partial charge is 0.332 e. The Labute approximate surface area is 210 Å². The molecule has 2 aromatic heterocycles. The van der Waals surface area contributed by atoms with Gasteiger partial charge in [-0.05, 0) is 67.8 Å². The SMILES string of the molecule is CCCCCn1c(=O)n(CCCCc2cccc(S(=O)(=O)C3CCCC3)c2)c(=O)c2[nH]c(Cl)nc21. The molecule has 1 N–H and O–H groups in total. The molecule has 0 amide bonds. The lowest BCUT2D eigenvalue weighted by atomic mass is 10.1. The monoisotopic (exact) mass is 520 g/mol. The highest BCUT2D eigenvalue weighted by molar-refractivity contribution is 7.92. The van der Waals surface area contributed by atoms with Gasteiger partial charge in [0.2, 0.25) is 5.28 Å². The second-order valence-electron chi connectivity index (χ2n) is 9.38. The van der Waals surface area contributed by atoms with Gasteiger partial charge in [0.05, 0.1) is 10.1 Å². The average Bonchev–Trinajstić information content (AvgIpc) is 3.52. The van der Waals surface area contributed by atoms with Crippen molar-refractivity contribution in [3.63, 3.8) is 0 Å². The summed E-state index contributed by atoms with van der Waals surface area (Å²) in [6.45, 7) is 2.84. The topological polar surface area (TPSA) is 107 Å². The van der Waals surface area contributed by atoms with Gasteiger partial charge in [0.25, 0.3) is 5.56 Å². The number of aromatic nitrogens is 4. The number of hydrogen-bond acceptors (Lipinski definition) is 5. The number of nitrogens with zero attached hydrogens (tertiary/aromatic N) is 3. The Hall–Kier alpha value is -2.39. The van der Waals surface area contributed by atoms with Crippen molar-refractivity contribution in [1.29, 1.82) is 0 Å². The quantitative estimate of drug-likeness (QED) is 0.296. The maximum atomic E-state index is 13.1. The van der Waals surface area contributed by atoms with Crippen molar-refractivity contribution in [2.75, 3.05) is 0 Å². The molecule has 190 valence electrons. The van der Waals surface area contributed by atoms with Gasteiger partial charge in [-0.1, -0.05) is 44.7 Å². The fourth-order valence-electron chi connectivity index (χ4n) is 4.93. The summed E-state index contributed by atoms with van der Waals surface area (Å²) in [6, 6.07) is 7.19. The van der Waals surface area contributed by atoms with E-state index in [-0.39, 0.29) is 28.3 Å². The highest BCUT2D eigenvalue weighted by Crippen LogP contribution is 2.30. The zero-order valence-electron chi connectivity index (χ0n) is 20.1. The predicted octanol–water partition coefficient (Wildman–Crippen LogP) is 4.47. The maximum Gasteiger partial charge on any atom is 0.332 e.